The monoisotopic (exact) mass is 451 g/mol. The predicted octanol–water partition coefficient (Wildman–Crippen LogP) is 3.87. The van der Waals surface area contributed by atoms with E-state index in [0.717, 1.165) is 17.7 Å². The van der Waals surface area contributed by atoms with Gasteiger partial charge in [0, 0.05) is 32.2 Å². The van der Waals surface area contributed by atoms with Crippen LogP contribution in [0.4, 0.5) is 0 Å². The number of amides is 1. The molecule has 2 aliphatic rings. The molecular formula is C26H29NO6. The molecule has 2 unspecified atom stereocenters. The lowest BCUT2D eigenvalue weighted by atomic mass is 9.94. The van der Waals surface area contributed by atoms with Gasteiger partial charge in [-0.1, -0.05) is 12.1 Å². The molecule has 4 rings (SSSR count). The number of hydrogen-bond donors (Lipinski definition) is 1. The summed E-state index contributed by atoms with van der Waals surface area (Å²) in [4.78, 5) is 27.7. The number of ether oxygens (including phenoxy) is 3. The van der Waals surface area contributed by atoms with Gasteiger partial charge in [0.05, 0.1) is 18.2 Å². The van der Waals surface area contributed by atoms with E-state index in [9.17, 15) is 14.7 Å². The number of aliphatic hydroxyl groups is 1. The highest BCUT2D eigenvalue weighted by Gasteiger charge is 2.46. The maximum atomic E-state index is 13.1. The fourth-order valence-electron chi connectivity index (χ4n) is 4.50. The first-order valence-corrected chi connectivity index (χ1v) is 11.2. The molecule has 0 aromatic heterocycles. The van der Waals surface area contributed by atoms with E-state index in [1.807, 2.05) is 44.2 Å². The summed E-state index contributed by atoms with van der Waals surface area (Å²) < 4.78 is 16.5. The van der Waals surface area contributed by atoms with Crippen LogP contribution in [0.3, 0.4) is 0 Å². The van der Waals surface area contributed by atoms with Gasteiger partial charge in [0.25, 0.3) is 11.7 Å². The quantitative estimate of drug-likeness (QED) is 0.284. The van der Waals surface area contributed by atoms with Crippen LogP contribution in [-0.2, 0) is 20.7 Å². The lowest BCUT2D eigenvalue weighted by Gasteiger charge is -2.25. The lowest BCUT2D eigenvalue weighted by Crippen LogP contribution is -2.31. The van der Waals surface area contributed by atoms with Crippen LogP contribution in [0, 0.1) is 0 Å². The molecule has 2 aromatic rings. The SMILES string of the molecule is CCOc1cccc(C2/C(=C(\O)c3ccc4c(c3)CC(C)O4)C(=O)C(=O)N2CCCOC)c1. The minimum Gasteiger partial charge on any atom is -0.507 e. The average Bonchev–Trinajstić information content (AvgIpc) is 3.30. The molecule has 0 spiro atoms. The van der Waals surface area contributed by atoms with Gasteiger partial charge >= 0.3 is 0 Å². The standard InChI is InChI=1S/C26H29NO6/c1-4-32-20-8-5-7-17(15-20)23-22(25(29)26(30)27(23)11-6-12-31-3)24(28)18-9-10-21-19(14-18)13-16(2)33-21/h5,7-10,14-16,23,28H,4,6,11-13H2,1-3H3/b24-22+. The number of ketones is 1. The summed E-state index contributed by atoms with van der Waals surface area (Å²) in [6.45, 7) is 5.15. The summed E-state index contributed by atoms with van der Waals surface area (Å²) in [5.41, 5.74) is 2.25. The second-order valence-corrected chi connectivity index (χ2v) is 8.30. The Bertz CT molecular complexity index is 1090. The van der Waals surface area contributed by atoms with E-state index in [4.69, 9.17) is 14.2 Å². The van der Waals surface area contributed by atoms with E-state index < -0.39 is 17.7 Å². The fourth-order valence-corrected chi connectivity index (χ4v) is 4.50. The van der Waals surface area contributed by atoms with E-state index in [-0.39, 0.29) is 17.4 Å². The van der Waals surface area contributed by atoms with Crippen molar-refractivity contribution in [2.45, 2.75) is 38.8 Å². The van der Waals surface area contributed by atoms with Crippen molar-refractivity contribution in [1.29, 1.82) is 0 Å². The number of fused-ring (bicyclic) bond motifs is 1. The largest absolute Gasteiger partial charge is 0.507 e. The van der Waals surface area contributed by atoms with Gasteiger partial charge in [0.2, 0.25) is 0 Å². The molecule has 2 heterocycles. The molecule has 1 N–H and O–H groups in total. The van der Waals surface area contributed by atoms with Crippen LogP contribution in [0.2, 0.25) is 0 Å². The third-order valence-electron chi connectivity index (χ3n) is 5.94. The number of carbonyl (C=O) groups excluding carboxylic acids is 2. The van der Waals surface area contributed by atoms with Crippen molar-refractivity contribution < 1.29 is 28.9 Å². The molecule has 0 aliphatic carbocycles. The van der Waals surface area contributed by atoms with Crippen molar-refractivity contribution in [1.82, 2.24) is 4.90 Å². The Hall–Kier alpha value is -3.32. The Morgan fingerprint density at radius 3 is 2.79 bits per heavy atom. The summed E-state index contributed by atoms with van der Waals surface area (Å²) in [6, 6.07) is 11.9. The Labute approximate surface area is 193 Å². The molecule has 7 nitrogen and oxygen atoms in total. The fraction of sp³-hybridized carbons (Fsp3) is 0.385. The highest BCUT2D eigenvalue weighted by molar-refractivity contribution is 6.46. The van der Waals surface area contributed by atoms with Gasteiger partial charge in [-0.3, -0.25) is 9.59 Å². The van der Waals surface area contributed by atoms with Crippen molar-refractivity contribution in [3.8, 4) is 11.5 Å². The van der Waals surface area contributed by atoms with E-state index in [2.05, 4.69) is 0 Å². The van der Waals surface area contributed by atoms with Crippen LogP contribution in [0.1, 0.15) is 43.0 Å². The Morgan fingerprint density at radius 2 is 2.03 bits per heavy atom. The van der Waals surface area contributed by atoms with Gasteiger partial charge in [-0.2, -0.15) is 0 Å². The minimum absolute atomic E-state index is 0.0602. The zero-order chi connectivity index (χ0) is 23.5. The summed E-state index contributed by atoms with van der Waals surface area (Å²) in [5.74, 6) is -0.0858. The molecule has 2 aromatic carbocycles. The molecule has 0 radical (unpaired) electrons. The molecule has 33 heavy (non-hydrogen) atoms. The first-order chi connectivity index (χ1) is 15.9. The number of likely N-dealkylation sites (tertiary alicyclic amines) is 1. The van der Waals surface area contributed by atoms with E-state index in [1.54, 1.807) is 19.2 Å². The summed E-state index contributed by atoms with van der Waals surface area (Å²) in [5, 5.41) is 11.3. The number of methoxy groups -OCH3 is 1. The molecule has 0 bridgehead atoms. The highest BCUT2D eigenvalue weighted by Crippen LogP contribution is 2.41. The number of hydrogen-bond acceptors (Lipinski definition) is 6. The van der Waals surface area contributed by atoms with Gasteiger partial charge in [-0.05, 0) is 61.7 Å². The van der Waals surface area contributed by atoms with E-state index in [0.29, 0.717) is 43.1 Å². The molecule has 1 fully saturated rings. The van der Waals surface area contributed by atoms with E-state index >= 15 is 0 Å². The molecule has 2 aliphatic heterocycles. The third kappa shape index (κ3) is 4.46. The third-order valence-corrected chi connectivity index (χ3v) is 5.94. The summed E-state index contributed by atoms with van der Waals surface area (Å²) >= 11 is 0. The number of aliphatic hydroxyl groups excluding tert-OH is 1. The van der Waals surface area contributed by atoms with Crippen molar-refractivity contribution in [2.75, 3.05) is 26.9 Å². The van der Waals surface area contributed by atoms with Gasteiger partial charge in [0.1, 0.15) is 23.4 Å². The smallest absolute Gasteiger partial charge is 0.295 e. The topological polar surface area (TPSA) is 85.3 Å². The molecule has 1 saturated heterocycles. The van der Waals surface area contributed by atoms with Crippen LogP contribution in [0.5, 0.6) is 11.5 Å². The number of rotatable bonds is 8. The number of carbonyl (C=O) groups is 2. The maximum Gasteiger partial charge on any atom is 0.295 e. The van der Waals surface area contributed by atoms with Crippen LogP contribution >= 0.6 is 0 Å². The maximum absolute atomic E-state index is 13.1. The Balaban J connectivity index is 1.80. The average molecular weight is 452 g/mol. The number of nitrogens with zero attached hydrogens (tertiary/aromatic N) is 1. The summed E-state index contributed by atoms with van der Waals surface area (Å²) in [6.07, 6.45) is 1.35. The van der Waals surface area contributed by atoms with Gasteiger partial charge < -0.3 is 24.2 Å². The van der Waals surface area contributed by atoms with Gasteiger partial charge in [0.15, 0.2) is 0 Å². The zero-order valence-electron chi connectivity index (χ0n) is 19.2. The second-order valence-electron chi connectivity index (χ2n) is 8.30. The van der Waals surface area contributed by atoms with Crippen LogP contribution in [0.15, 0.2) is 48.0 Å². The van der Waals surface area contributed by atoms with Crippen molar-refractivity contribution in [3.05, 3.63) is 64.7 Å². The summed E-state index contributed by atoms with van der Waals surface area (Å²) in [7, 11) is 1.59. The van der Waals surface area contributed by atoms with Gasteiger partial charge in [-0.25, -0.2) is 0 Å². The van der Waals surface area contributed by atoms with Crippen molar-refractivity contribution in [3.63, 3.8) is 0 Å². The first kappa shape index (κ1) is 22.9. The minimum atomic E-state index is -0.717. The van der Waals surface area contributed by atoms with E-state index in [1.165, 1.54) is 4.90 Å². The molecule has 0 saturated carbocycles. The Kier molecular flexibility index (Phi) is 6.70. The molecule has 174 valence electrons. The van der Waals surface area contributed by atoms with Crippen molar-refractivity contribution >= 4 is 17.4 Å². The van der Waals surface area contributed by atoms with Crippen LogP contribution in [0.25, 0.3) is 5.76 Å². The number of Topliss-reactive ketones (excluding diaryl/α,β-unsaturated/α-hetero) is 1. The normalized spacial score (nSPS) is 21.2. The van der Waals surface area contributed by atoms with Gasteiger partial charge in [-0.15, -0.1) is 0 Å². The lowest BCUT2D eigenvalue weighted by molar-refractivity contribution is -0.140. The molecule has 7 heteroatoms. The highest BCUT2D eigenvalue weighted by atomic mass is 16.5. The zero-order valence-corrected chi connectivity index (χ0v) is 19.2. The predicted molar refractivity (Wildman–Crippen MR) is 123 cm³/mol. The molecule has 1 amide bonds. The molecular weight excluding hydrogens is 422 g/mol. The number of benzene rings is 2. The van der Waals surface area contributed by atoms with Crippen molar-refractivity contribution in [2.24, 2.45) is 0 Å². The first-order valence-electron chi connectivity index (χ1n) is 11.2. The molecule has 2 atom stereocenters. The van der Waals surface area contributed by atoms with Crippen LogP contribution in [-0.4, -0.2) is 54.7 Å². The van der Waals surface area contributed by atoms with Crippen LogP contribution < -0.4 is 9.47 Å². The second kappa shape index (κ2) is 9.67. The Morgan fingerprint density at radius 1 is 1.21 bits per heavy atom.